The summed E-state index contributed by atoms with van der Waals surface area (Å²) in [6.45, 7) is 0. The molecule has 18 heavy (non-hydrogen) atoms. The number of fused-ring (bicyclic) bond motifs is 1. The third kappa shape index (κ3) is 2.18. The van der Waals surface area contributed by atoms with Crippen molar-refractivity contribution in [2.45, 2.75) is 19.3 Å². The van der Waals surface area contributed by atoms with Gasteiger partial charge < -0.3 is 0 Å². The van der Waals surface area contributed by atoms with Crippen LogP contribution in [0.2, 0.25) is 10.0 Å². The topological polar surface area (TPSA) is 30.0 Å². The number of hydrogen-bond acceptors (Lipinski definition) is 3. The molecule has 2 nitrogen and oxygen atoms in total. The smallest absolute Gasteiger partial charge is 0.174 e. The average molecular weight is 298 g/mol. The first-order valence-corrected chi connectivity index (χ1v) is 7.20. The second-order valence-electron chi connectivity index (χ2n) is 4.23. The minimum Gasteiger partial charge on any atom is -0.293 e. The van der Waals surface area contributed by atoms with Crippen molar-refractivity contribution < 1.29 is 4.79 Å². The van der Waals surface area contributed by atoms with Crippen molar-refractivity contribution in [2.75, 3.05) is 0 Å². The molecule has 0 spiro atoms. The van der Waals surface area contributed by atoms with Gasteiger partial charge in [0.1, 0.15) is 5.01 Å². The molecule has 0 unspecified atom stereocenters. The summed E-state index contributed by atoms with van der Waals surface area (Å²) in [6, 6.07) is 5.33. The Labute approximate surface area is 119 Å². The van der Waals surface area contributed by atoms with Crippen LogP contribution in [0.15, 0.2) is 18.2 Å². The third-order valence-corrected chi connectivity index (χ3v) is 4.50. The van der Waals surface area contributed by atoms with Gasteiger partial charge in [-0.15, -0.1) is 11.3 Å². The first-order chi connectivity index (χ1) is 8.63. The number of carbonyl (C=O) groups is 1. The second-order valence-corrected chi connectivity index (χ2v) is 6.10. The number of nitrogens with zero attached hydrogens (tertiary/aromatic N) is 1. The molecule has 1 heterocycles. The van der Waals surface area contributed by atoms with E-state index in [2.05, 4.69) is 4.98 Å². The van der Waals surface area contributed by atoms with Gasteiger partial charge in [-0.25, -0.2) is 4.98 Å². The van der Waals surface area contributed by atoms with E-state index in [1.807, 2.05) is 12.1 Å². The van der Waals surface area contributed by atoms with Crippen molar-refractivity contribution in [1.82, 2.24) is 4.98 Å². The summed E-state index contributed by atoms with van der Waals surface area (Å²) in [6.07, 6.45) is 2.40. The van der Waals surface area contributed by atoms with Crippen LogP contribution in [0, 0.1) is 0 Å². The van der Waals surface area contributed by atoms with Crippen LogP contribution in [0.3, 0.4) is 0 Å². The Morgan fingerprint density at radius 2 is 1.83 bits per heavy atom. The van der Waals surface area contributed by atoms with Crippen molar-refractivity contribution in [3.63, 3.8) is 0 Å². The lowest BCUT2D eigenvalue weighted by molar-refractivity contribution is 0.0976. The first-order valence-electron chi connectivity index (χ1n) is 5.63. The minimum absolute atomic E-state index is 0.202. The van der Waals surface area contributed by atoms with Gasteiger partial charge in [0.25, 0.3) is 0 Å². The Hall–Kier alpha value is -0.900. The molecular weight excluding hydrogens is 289 g/mol. The highest BCUT2D eigenvalue weighted by Crippen LogP contribution is 2.34. The van der Waals surface area contributed by atoms with E-state index < -0.39 is 0 Å². The lowest BCUT2D eigenvalue weighted by Gasteiger charge is -2.06. The highest BCUT2D eigenvalue weighted by atomic mass is 35.5. The lowest BCUT2D eigenvalue weighted by Crippen LogP contribution is -2.07. The van der Waals surface area contributed by atoms with E-state index >= 15 is 0 Å². The fourth-order valence-corrected chi connectivity index (χ4v) is 3.66. The maximum Gasteiger partial charge on any atom is 0.174 e. The Morgan fingerprint density at radius 1 is 1.11 bits per heavy atom. The lowest BCUT2D eigenvalue weighted by atomic mass is 10.0. The molecule has 0 aliphatic heterocycles. The van der Waals surface area contributed by atoms with Gasteiger partial charge in [-0.1, -0.05) is 23.2 Å². The molecule has 5 heteroatoms. The van der Waals surface area contributed by atoms with E-state index in [9.17, 15) is 4.79 Å². The van der Waals surface area contributed by atoms with Gasteiger partial charge in [-0.3, -0.25) is 4.79 Å². The zero-order valence-electron chi connectivity index (χ0n) is 9.37. The molecule has 0 fully saturated rings. The van der Waals surface area contributed by atoms with E-state index in [4.69, 9.17) is 23.2 Å². The molecule has 1 aromatic carbocycles. The number of thiazole rings is 1. The van der Waals surface area contributed by atoms with Crippen molar-refractivity contribution in [3.05, 3.63) is 38.8 Å². The van der Waals surface area contributed by atoms with Gasteiger partial charge in [-0.2, -0.15) is 0 Å². The van der Waals surface area contributed by atoms with E-state index in [1.54, 1.807) is 6.07 Å². The average Bonchev–Trinajstić information content (AvgIpc) is 2.73. The largest absolute Gasteiger partial charge is 0.293 e. The molecule has 1 aromatic heterocycles. The van der Waals surface area contributed by atoms with Gasteiger partial charge in [0, 0.05) is 22.0 Å². The number of rotatable bonds is 1. The highest BCUT2D eigenvalue weighted by molar-refractivity contribution is 7.17. The zero-order chi connectivity index (χ0) is 12.7. The van der Waals surface area contributed by atoms with Crippen LogP contribution in [-0.4, -0.2) is 10.8 Å². The Morgan fingerprint density at radius 3 is 2.50 bits per heavy atom. The fraction of sp³-hybridized carbons (Fsp3) is 0.231. The number of hydrogen-bond donors (Lipinski definition) is 0. The molecule has 1 aliphatic carbocycles. The molecule has 0 atom stereocenters. The van der Waals surface area contributed by atoms with E-state index in [1.165, 1.54) is 11.3 Å². The van der Waals surface area contributed by atoms with Crippen LogP contribution >= 0.6 is 34.5 Å². The highest BCUT2D eigenvalue weighted by Gasteiger charge is 2.22. The summed E-state index contributed by atoms with van der Waals surface area (Å²) in [5.74, 6) is 0.202. The number of carbonyl (C=O) groups excluding carboxylic acids is 1. The van der Waals surface area contributed by atoms with E-state index in [0.717, 1.165) is 34.0 Å². The number of aryl methyl sites for hydroxylation is 1. The Balaban J connectivity index is 2.10. The van der Waals surface area contributed by atoms with Gasteiger partial charge in [-0.05, 0) is 31.0 Å². The fourth-order valence-electron chi connectivity index (χ4n) is 2.07. The standard InChI is InChI=1S/C13H9Cl2NOS/c14-8-4-7(5-9(15)6-8)13-16-10-2-1-3-11(17)12(10)18-13/h4-6H,1-3H2. The van der Waals surface area contributed by atoms with Crippen molar-refractivity contribution in [2.24, 2.45) is 0 Å². The van der Waals surface area contributed by atoms with E-state index in [-0.39, 0.29) is 5.78 Å². The van der Waals surface area contributed by atoms with Gasteiger partial charge in [0.2, 0.25) is 0 Å². The second kappa shape index (κ2) is 4.65. The molecule has 0 saturated heterocycles. The maximum absolute atomic E-state index is 11.8. The molecule has 1 aliphatic rings. The minimum atomic E-state index is 0.202. The van der Waals surface area contributed by atoms with Crippen LogP contribution in [0.5, 0.6) is 0 Å². The first kappa shape index (κ1) is 12.2. The number of halogens is 2. The molecule has 3 rings (SSSR count). The molecule has 92 valence electrons. The van der Waals surface area contributed by atoms with E-state index in [0.29, 0.717) is 16.5 Å². The molecule has 2 aromatic rings. The molecule has 0 bridgehead atoms. The predicted molar refractivity (Wildman–Crippen MR) is 74.8 cm³/mol. The van der Waals surface area contributed by atoms with Crippen LogP contribution in [0.25, 0.3) is 10.6 Å². The van der Waals surface area contributed by atoms with Crippen molar-refractivity contribution in [3.8, 4) is 10.6 Å². The van der Waals surface area contributed by atoms with Crippen LogP contribution in [0.1, 0.15) is 28.2 Å². The van der Waals surface area contributed by atoms with Crippen molar-refractivity contribution >= 4 is 40.3 Å². The summed E-state index contributed by atoms with van der Waals surface area (Å²) in [5.41, 5.74) is 1.79. The number of benzene rings is 1. The zero-order valence-corrected chi connectivity index (χ0v) is 11.7. The summed E-state index contributed by atoms with van der Waals surface area (Å²) in [4.78, 5) is 17.1. The normalized spacial score (nSPS) is 14.7. The monoisotopic (exact) mass is 297 g/mol. The van der Waals surface area contributed by atoms with Crippen molar-refractivity contribution in [1.29, 1.82) is 0 Å². The molecule has 0 radical (unpaired) electrons. The Bertz CT molecular complexity index is 616. The summed E-state index contributed by atoms with van der Waals surface area (Å²) >= 11 is 13.4. The van der Waals surface area contributed by atoms with Crippen LogP contribution in [0.4, 0.5) is 0 Å². The number of Topliss-reactive ketones (excluding diaryl/α,β-unsaturated/α-hetero) is 1. The van der Waals surface area contributed by atoms with Crippen LogP contribution in [-0.2, 0) is 6.42 Å². The van der Waals surface area contributed by atoms with Crippen LogP contribution < -0.4 is 0 Å². The molecule has 0 amide bonds. The van der Waals surface area contributed by atoms with Gasteiger partial charge >= 0.3 is 0 Å². The van der Waals surface area contributed by atoms with Gasteiger partial charge in [0.05, 0.1) is 10.6 Å². The third-order valence-electron chi connectivity index (χ3n) is 2.88. The molecular formula is C13H9Cl2NOS. The quantitative estimate of drug-likeness (QED) is 0.768. The summed E-state index contributed by atoms with van der Waals surface area (Å²) < 4.78 is 0. The molecule has 0 saturated carbocycles. The summed E-state index contributed by atoms with van der Waals surface area (Å²) in [7, 11) is 0. The molecule has 0 N–H and O–H groups in total. The summed E-state index contributed by atoms with van der Waals surface area (Å²) in [5, 5.41) is 1.98. The predicted octanol–water partition coefficient (Wildman–Crippen LogP) is 4.64. The maximum atomic E-state index is 11.8. The SMILES string of the molecule is O=C1CCCc2nc(-c3cc(Cl)cc(Cl)c3)sc21. The number of ketones is 1. The Kier molecular flexibility index (Phi) is 3.14. The number of aromatic nitrogens is 1. The van der Waals surface area contributed by atoms with Gasteiger partial charge in [0.15, 0.2) is 5.78 Å².